The average molecular weight is 347 g/mol. The van der Waals surface area contributed by atoms with Crippen LogP contribution < -0.4 is 9.64 Å². The number of thiazole rings is 1. The summed E-state index contributed by atoms with van der Waals surface area (Å²) in [6.07, 6.45) is 0.973. The number of fused-ring (bicyclic) bond motifs is 1. The fourth-order valence-corrected chi connectivity index (χ4v) is 3.94. The Morgan fingerprint density at radius 3 is 2.71 bits per heavy atom. The van der Waals surface area contributed by atoms with Crippen molar-refractivity contribution in [2.24, 2.45) is 5.41 Å². The minimum Gasteiger partial charge on any atom is -0.497 e. The van der Waals surface area contributed by atoms with Gasteiger partial charge >= 0.3 is 0 Å². The molecule has 0 spiro atoms. The summed E-state index contributed by atoms with van der Waals surface area (Å²) in [4.78, 5) is 21.6. The Bertz CT molecular complexity index is 735. The van der Waals surface area contributed by atoms with Gasteiger partial charge in [-0.3, -0.25) is 4.79 Å². The first-order valence-electron chi connectivity index (χ1n) is 8.37. The van der Waals surface area contributed by atoms with Gasteiger partial charge in [0, 0.05) is 37.7 Å². The summed E-state index contributed by atoms with van der Waals surface area (Å²) < 4.78 is 6.44. The number of benzene rings is 1. The number of anilines is 1. The number of rotatable bonds is 2. The zero-order valence-corrected chi connectivity index (χ0v) is 15.7. The molecule has 2 heterocycles. The van der Waals surface area contributed by atoms with Crippen molar-refractivity contribution < 1.29 is 9.53 Å². The quantitative estimate of drug-likeness (QED) is 0.835. The van der Waals surface area contributed by atoms with Crippen LogP contribution in [0.2, 0.25) is 0 Å². The third kappa shape index (κ3) is 3.48. The fourth-order valence-electron chi connectivity index (χ4n) is 2.94. The molecule has 24 heavy (non-hydrogen) atoms. The van der Waals surface area contributed by atoms with Crippen molar-refractivity contribution in [3.8, 4) is 5.75 Å². The van der Waals surface area contributed by atoms with E-state index in [0.717, 1.165) is 53.7 Å². The number of aromatic nitrogens is 1. The molecule has 1 saturated heterocycles. The highest BCUT2D eigenvalue weighted by Crippen LogP contribution is 2.31. The number of hydrogen-bond acceptors (Lipinski definition) is 5. The molecule has 0 saturated carbocycles. The molecule has 6 heteroatoms. The largest absolute Gasteiger partial charge is 0.497 e. The predicted octanol–water partition coefficient (Wildman–Crippen LogP) is 3.39. The lowest BCUT2D eigenvalue weighted by Crippen LogP contribution is -2.41. The molecule has 0 N–H and O–H groups in total. The van der Waals surface area contributed by atoms with Gasteiger partial charge in [-0.15, -0.1) is 0 Å². The van der Waals surface area contributed by atoms with Crippen molar-refractivity contribution in [1.82, 2.24) is 9.88 Å². The first kappa shape index (κ1) is 17.0. The van der Waals surface area contributed by atoms with Crippen molar-refractivity contribution in [1.29, 1.82) is 0 Å². The highest BCUT2D eigenvalue weighted by molar-refractivity contribution is 7.22. The van der Waals surface area contributed by atoms with E-state index in [1.165, 1.54) is 0 Å². The van der Waals surface area contributed by atoms with Crippen LogP contribution in [0.5, 0.6) is 5.75 Å². The van der Waals surface area contributed by atoms with Gasteiger partial charge in [-0.25, -0.2) is 4.98 Å². The lowest BCUT2D eigenvalue weighted by molar-refractivity contribution is -0.139. The van der Waals surface area contributed by atoms with Crippen molar-refractivity contribution >= 4 is 32.6 Å². The van der Waals surface area contributed by atoms with E-state index in [4.69, 9.17) is 9.72 Å². The van der Waals surface area contributed by atoms with Crippen LogP contribution in [0.4, 0.5) is 5.13 Å². The van der Waals surface area contributed by atoms with E-state index in [0.29, 0.717) is 0 Å². The number of hydrogen-bond donors (Lipinski definition) is 0. The van der Waals surface area contributed by atoms with E-state index in [1.54, 1.807) is 18.4 Å². The monoisotopic (exact) mass is 347 g/mol. The minimum absolute atomic E-state index is 0.235. The minimum atomic E-state index is -0.318. The number of carbonyl (C=O) groups is 1. The molecule has 3 rings (SSSR count). The molecular weight excluding hydrogens is 322 g/mol. The molecule has 2 aromatic rings. The van der Waals surface area contributed by atoms with Crippen molar-refractivity contribution in [3.63, 3.8) is 0 Å². The first-order valence-corrected chi connectivity index (χ1v) is 9.19. The molecule has 0 bridgehead atoms. The molecule has 0 unspecified atom stereocenters. The van der Waals surface area contributed by atoms with Crippen LogP contribution in [-0.4, -0.2) is 49.1 Å². The van der Waals surface area contributed by atoms with Crippen molar-refractivity contribution in [2.75, 3.05) is 38.2 Å². The zero-order chi connectivity index (χ0) is 17.3. The predicted molar refractivity (Wildman–Crippen MR) is 99.0 cm³/mol. The maximum Gasteiger partial charge on any atom is 0.228 e. The molecule has 0 radical (unpaired) electrons. The Morgan fingerprint density at radius 1 is 1.21 bits per heavy atom. The maximum atomic E-state index is 12.5. The van der Waals surface area contributed by atoms with E-state index in [2.05, 4.69) is 11.0 Å². The summed E-state index contributed by atoms with van der Waals surface area (Å²) in [5.41, 5.74) is 0.655. The molecule has 0 atom stereocenters. The normalized spacial score (nSPS) is 16.3. The van der Waals surface area contributed by atoms with Gasteiger partial charge in [0.1, 0.15) is 5.75 Å². The Morgan fingerprint density at radius 2 is 2.00 bits per heavy atom. The molecule has 1 aliphatic heterocycles. The summed E-state index contributed by atoms with van der Waals surface area (Å²) in [6, 6.07) is 6.00. The molecule has 1 aliphatic rings. The number of ether oxygens (including phenoxy) is 1. The van der Waals surface area contributed by atoms with E-state index >= 15 is 0 Å². The van der Waals surface area contributed by atoms with Crippen LogP contribution in [0.25, 0.3) is 10.2 Å². The van der Waals surface area contributed by atoms with Gasteiger partial charge < -0.3 is 14.5 Å². The van der Waals surface area contributed by atoms with Crippen LogP contribution in [-0.2, 0) is 4.79 Å². The summed E-state index contributed by atoms with van der Waals surface area (Å²) in [7, 11) is 1.67. The zero-order valence-electron chi connectivity index (χ0n) is 14.8. The third-order valence-corrected chi connectivity index (χ3v) is 5.38. The van der Waals surface area contributed by atoms with Gasteiger partial charge in [-0.05, 0) is 18.6 Å². The van der Waals surface area contributed by atoms with Crippen LogP contribution in [0.3, 0.4) is 0 Å². The fraction of sp³-hybridized carbons (Fsp3) is 0.556. The van der Waals surface area contributed by atoms with Gasteiger partial charge in [0.2, 0.25) is 5.91 Å². The molecule has 1 fully saturated rings. The van der Waals surface area contributed by atoms with Crippen LogP contribution in [0.15, 0.2) is 18.2 Å². The topological polar surface area (TPSA) is 45.7 Å². The first-order chi connectivity index (χ1) is 11.4. The third-order valence-electron chi connectivity index (χ3n) is 4.28. The van der Waals surface area contributed by atoms with Gasteiger partial charge in [-0.2, -0.15) is 0 Å². The van der Waals surface area contributed by atoms with E-state index in [9.17, 15) is 4.79 Å². The Hall–Kier alpha value is -1.82. The second-order valence-electron chi connectivity index (χ2n) is 7.21. The maximum absolute atomic E-state index is 12.5. The van der Waals surface area contributed by atoms with Crippen LogP contribution >= 0.6 is 11.3 Å². The molecule has 5 nitrogen and oxygen atoms in total. The average Bonchev–Trinajstić information content (AvgIpc) is 2.81. The number of nitrogens with zero attached hydrogens (tertiary/aromatic N) is 3. The standard InChI is InChI=1S/C18H25N3O2S/c1-18(2,3)16(22)20-8-5-9-21(11-10-20)17-19-14-12-13(23-4)6-7-15(14)24-17/h6-7,12H,5,8-11H2,1-4H3. The van der Waals surface area contributed by atoms with Gasteiger partial charge in [-0.1, -0.05) is 32.1 Å². The molecular formula is C18H25N3O2S. The summed E-state index contributed by atoms with van der Waals surface area (Å²) in [6.45, 7) is 9.31. The molecule has 1 aromatic heterocycles. The lowest BCUT2D eigenvalue weighted by Gasteiger charge is -2.28. The van der Waals surface area contributed by atoms with Crippen LogP contribution in [0, 0.1) is 5.41 Å². The van der Waals surface area contributed by atoms with E-state index < -0.39 is 0 Å². The number of methoxy groups -OCH3 is 1. The number of amides is 1. The molecule has 1 aromatic carbocycles. The van der Waals surface area contributed by atoms with Gasteiger partial charge in [0.15, 0.2) is 5.13 Å². The second kappa shape index (κ2) is 6.59. The second-order valence-corrected chi connectivity index (χ2v) is 8.22. The highest BCUT2D eigenvalue weighted by atomic mass is 32.1. The van der Waals surface area contributed by atoms with Crippen LogP contribution in [0.1, 0.15) is 27.2 Å². The van der Waals surface area contributed by atoms with Crippen molar-refractivity contribution in [2.45, 2.75) is 27.2 Å². The SMILES string of the molecule is COc1ccc2sc(N3CCCN(C(=O)C(C)(C)C)CC3)nc2c1. The Labute approximate surface area is 147 Å². The number of carbonyl (C=O) groups excluding carboxylic acids is 1. The summed E-state index contributed by atoms with van der Waals surface area (Å²) in [5.74, 6) is 1.07. The summed E-state index contributed by atoms with van der Waals surface area (Å²) >= 11 is 1.70. The highest BCUT2D eigenvalue weighted by Gasteiger charge is 2.29. The molecule has 130 valence electrons. The van der Waals surface area contributed by atoms with E-state index in [1.807, 2.05) is 37.8 Å². The van der Waals surface area contributed by atoms with Gasteiger partial charge in [0.05, 0.1) is 17.3 Å². The summed E-state index contributed by atoms with van der Waals surface area (Å²) in [5, 5.41) is 1.03. The smallest absolute Gasteiger partial charge is 0.228 e. The molecule has 0 aliphatic carbocycles. The molecule has 1 amide bonds. The van der Waals surface area contributed by atoms with E-state index in [-0.39, 0.29) is 11.3 Å². The van der Waals surface area contributed by atoms with Gasteiger partial charge in [0.25, 0.3) is 0 Å². The van der Waals surface area contributed by atoms with Crippen molar-refractivity contribution in [3.05, 3.63) is 18.2 Å². The lowest BCUT2D eigenvalue weighted by atomic mass is 9.94. The Kier molecular flexibility index (Phi) is 4.67. The Balaban J connectivity index is 1.75.